The van der Waals surface area contributed by atoms with Crippen LogP contribution < -0.4 is 11.1 Å². The van der Waals surface area contributed by atoms with Crippen molar-refractivity contribution >= 4 is 5.91 Å². The minimum atomic E-state index is -0.00175. The molecule has 0 aromatic carbocycles. The highest BCUT2D eigenvalue weighted by atomic mass is 16.5. The molecule has 16 heavy (non-hydrogen) atoms. The average Bonchev–Trinajstić information content (AvgIpc) is 2.63. The summed E-state index contributed by atoms with van der Waals surface area (Å²) in [6, 6.07) is 0.126. The second-order valence-corrected chi connectivity index (χ2v) is 5.02. The van der Waals surface area contributed by atoms with E-state index in [1.54, 1.807) is 7.11 Å². The molecule has 3 unspecified atom stereocenters. The molecule has 1 saturated carbocycles. The van der Waals surface area contributed by atoms with Gasteiger partial charge in [0.2, 0.25) is 5.91 Å². The summed E-state index contributed by atoms with van der Waals surface area (Å²) in [4.78, 5) is 12.0. The zero-order valence-corrected chi connectivity index (χ0v) is 10.5. The van der Waals surface area contributed by atoms with Gasteiger partial charge in [0.05, 0.1) is 18.6 Å². The summed E-state index contributed by atoms with van der Waals surface area (Å²) in [6.07, 6.45) is 2.95. The number of rotatable bonds is 5. The van der Waals surface area contributed by atoms with Gasteiger partial charge in [-0.15, -0.1) is 0 Å². The molecule has 0 spiro atoms. The Balaban J connectivity index is 2.47. The van der Waals surface area contributed by atoms with Gasteiger partial charge in [0.1, 0.15) is 0 Å². The lowest BCUT2D eigenvalue weighted by atomic mass is 10.0. The van der Waals surface area contributed by atoms with Gasteiger partial charge in [-0.1, -0.05) is 20.3 Å². The second kappa shape index (κ2) is 6.21. The Bertz CT molecular complexity index is 231. The minimum absolute atomic E-state index is 0.00175. The number of amides is 1. The molecule has 1 aliphatic rings. The Labute approximate surface area is 97.9 Å². The van der Waals surface area contributed by atoms with Crippen LogP contribution in [-0.4, -0.2) is 31.7 Å². The van der Waals surface area contributed by atoms with Crippen molar-refractivity contribution in [2.45, 2.75) is 45.2 Å². The Morgan fingerprint density at radius 1 is 1.50 bits per heavy atom. The number of carbonyl (C=O) groups is 1. The number of nitrogens with one attached hydrogen (secondary N) is 1. The maximum absolute atomic E-state index is 12.0. The SMILES string of the molecule is COCC(NC(=O)C1CCCC1N)C(C)C. The summed E-state index contributed by atoms with van der Waals surface area (Å²) in [5.74, 6) is 0.473. The molecule has 0 bridgehead atoms. The van der Waals surface area contributed by atoms with Crippen LogP contribution in [0.25, 0.3) is 0 Å². The van der Waals surface area contributed by atoms with E-state index in [0.717, 1.165) is 19.3 Å². The molecule has 0 aromatic heterocycles. The van der Waals surface area contributed by atoms with E-state index in [4.69, 9.17) is 10.5 Å². The summed E-state index contributed by atoms with van der Waals surface area (Å²) < 4.78 is 5.11. The molecule has 1 aliphatic carbocycles. The van der Waals surface area contributed by atoms with E-state index in [0.29, 0.717) is 12.5 Å². The fraction of sp³-hybridized carbons (Fsp3) is 0.917. The van der Waals surface area contributed by atoms with Gasteiger partial charge in [0.15, 0.2) is 0 Å². The first-order chi connectivity index (χ1) is 7.56. The molecule has 1 rings (SSSR count). The minimum Gasteiger partial charge on any atom is -0.383 e. The largest absolute Gasteiger partial charge is 0.383 e. The molecule has 94 valence electrons. The summed E-state index contributed by atoms with van der Waals surface area (Å²) in [7, 11) is 1.66. The van der Waals surface area contributed by atoms with Crippen LogP contribution in [0.1, 0.15) is 33.1 Å². The van der Waals surface area contributed by atoms with Crippen LogP contribution in [-0.2, 0) is 9.53 Å². The topological polar surface area (TPSA) is 64.3 Å². The highest BCUT2D eigenvalue weighted by Crippen LogP contribution is 2.24. The maximum atomic E-state index is 12.0. The molecule has 0 radical (unpaired) electrons. The third-order valence-electron chi connectivity index (χ3n) is 3.38. The van der Waals surface area contributed by atoms with E-state index in [2.05, 4.69) is 19.2 Å². The Morgan fingerprint density at radius 2 is 2.19 bits per heavy atom. The molecule has 0 saturated heterocycles. The van der Waals surface area contributed by atoms with E-state index in [1.165, 1.54) is 0 Å². The number of carbonyl (C=O) groups excluding carboxylic acids is 1. The molecule has 3 N–H and O–H groups in total. The van der Waals surface area contributed by atoms with Gasteiger partial charge in [-0.3, -0.25) is 4.79 Å². The number of methoxy groups -OCH3 is 1. The first-order valence-electron chi connectivity index (χ1n) is 6.11. The molecule has 0 aromatic rings. The van der Waals surface area contributed by atoms with Crippen LogP contribution in [0.4, 0.5) is 0 Å². The summed E-state index contributed by atoms with van der Waals surface area (Å²) in [5, 5.41) is 3.05. The van der Waals surface area contributed by atoms with Crippen LogP contribution in [0.3, 0.4) is 0 Å². The van der Waals surface area contributed by atoms with Gasteiger partial charge >= 0.3 is 0 Å². The van der Waals surface area contributed by atoms with E-state index < -0.39 is 0 Å². The maximum Gasteiger partial charge on any atom is 0.224 e. The van der Waals surface area contributed by atoms with Crippen LogP contribution in [0.5, 0.6) is 0 Å². The van der Waals surface area contributed by atoms with Crippen molar-refractivity contribution in [3.05, 3.63) is 0 Å². The number of hydrogen-bond donors (Lipinski definition) is 2. The van der Waals surface area contributed by atoms with Crippen LogP contribution >= 0.6 is 0 Å². The molecule has 4 heteroatoms. The highest BCUT2D eigenvalue weighted by Gasteiger charge is 2.31. The lowest BCUT2D eigenvalue weighted by Crippen LogP contribution is -2.47. The van der Waals surface area contributed by atoms with Crippen molar-refractivity contribution in [3.8, 4) is 0 Å². The molecular weight excluding hydrogens is 204 g/mol. The van der Waals surface area contributed by atoms with Crippen molar-refractivity contribution in [1.82, 2.24) is 5.32 Å². The Morgan fingerprint density at radius 3 is 2.62 bits per heavy atom. The van der Waals surface area contributed by atoms with Crippen molar-refractivity contribution in [1.29, 1.82) is 0 Å². The zero-order chi connectivity index (χ0) is 12.1. The molecule has 3 atom stereocenters. The van der Waals surface area contributed by atoms with Gasteiger partial charge in [-0.05, 0) is 18.8 Å². The van der Waals surface area contributed by atoms with Crippen LogP contribution in [0.15, 0.2) is 0 Å². The van der Waals surface area contributed by atoms with E-state index >= 15 is 0 Å². The van der Waals surface area contributed by atoms with Crippen molar-refractivity contribution in [2.24, 2.45) is 17.6 Å². The molecule has 0 heterocycles. The van der Waals surface area contributed by atoms with E-state index in [9.17, 15) is 4.79 Å². The highest BCUT2D eigenvalue weighted by molar-refractivity contribution is 5.80. The summed E-state index contributed by atoms with van der Waals surface area (Å²) in [5.41, 5.74) is 5.91. The van der Waals surface area contributed by atoms with Crippen molar-refractivity contribution < 1.29 is 9.53 Å². The second-order valence-electron chi connectivity index (χ2n) is 5.02. The lowest BCUT2D eigenvalue weighted by molar-refractivity contribution is -0.126. The normalized spacial score (nSPS) is 27.1. The zero-order valence-electron chi connectivity index (χ0n) is 10.5. The first-order valence-corrected chi connectivity index (χ1v) is 6.11. The third kappa shape index (κ3) is 3.46. The molecule has 1 fully saturated rings. The standard InChI is InChI=1S/C12H24N2O2/c1-8(2)11(7-16-3)14-12(15)9-5-4-6-10(9)13/h8-11H,4-7,13H2,1-3H3,(H,14,15). The fourth-order valence-corrected chi connectivity index (χ4v) is 2.18. The fourth-order valence-electron chi connectivity index (χ4n) is 2.18. The first kappa shape index (κ1) is 13.5. The average molecular weight is 228 g/mol. The van der Waals surface area contributed by atoms with Gasteiger partial charge in [0.25, 0.3) is 0 Å². The predicted octanol–water partition coefficient (Wildman–Crippen LogP) is 0.901. The molecule has 1 amide bonds. The van der Waals surface area contributed by atoms with E-state index in [1.807, 2.05) is 0 Å². The number of hydrogen-bond acceptors (Lipinski definition) is 3. The third-order valence-corrected chi connectivity index (χ3v) is 3.38. The number of ether oxygens (including phenoxy) is 1. The quantitative estimate of drug-likeness (QED) is 0.735. The van der Waals surface area contributed by atoms with Gasteiger partial charge in [0, 0.05) is 13.2 Å². The smallest absolute Gasteiger partial charge is 0.224 e. The van der Waals surface area contributed by atoms with Gasteiger partial charge in [-0.2, -0.15) is 0 Å². The number of nitrogens with two attached hydrogens (primary N) is 1. The Kier molecular flexibility index (Phi) is 5.22. The molecular formula is C12H24N2O2. The monoisotopic (exact) mass is 228 g/mol. The summed E-state index contributed by atoms with van der Waals surface area (Å²) in [6.45, 7) is 4.72. The van der Waals surface area contributed by atoms with Gasteiger partial charge < -0.3 is 15.8 Å². The lowest BCUT2D eigenvalue weighted by Gasteiger charge is -2.24. The van der Waals surface area contributed by atoms with Crippen LogP contribution in [0, 0.1) is 11.8 Å². The van der Waals surface area contributed by atoms with Gasteiger partial charge in [-0.25, -0.2) is 0 Å². The van der Waals surface area contributed by atoms with Crippen molar-refractivity contribution in [3.63, 3.8) is 0 Å². The van der Waals surface area contributed by atoms with Crippen molar-refractivity contribution in [2.75, 3.05) is 13.7 Å². The molecule has 0 aliphatic heterocycles. The summed E-state index contributed by atoms with van der Waals surface area (Å²) >= 11 is 0. The molecule has 4 nitrogen and oxygen atoms in total. The van der Waals surface area contributed by atoms with E-state index in [-0.39, 0.29) is 23.9 Å². The predicted molar refractivity (Wildman–Crippen MR) is 64.0 cm³/mol. The Hall–Kier alpha value is -0.610. The van der Waals surface area contributed by atoms with Crippen LogP contribution in [0.2, 0.25) is 0 Å².